The summed E-state index contributed by atoms with van der Waals surface area (Å²) >= 11 is 0. The lowest BCUT2D eigenvalue weighted by Crippen LogP contribution is -2.05. The van der Waals surface area contributed by atoms with E-state index in [1.54, 1.807) is 0 Å². The third kappa shape index (κ3) is 4.61. The van der Waals surface area contributed by atoms with Crippen LogP contribution in [0.2, 0.25) is 0 Å². The Labute approximate surface area is 282 Å². The molecule has 3 heterocycles. The second kappa shape index (κ2) is 11.0. The topological polar surface area (TPSA) is 51.0 Å². The summed E-state index contributed by atoms with van der Waals surface area (Å²) in [5.41, 5.74) is 10.4. The first-order valence-electron chi connectivity index (χ1n) is 16.5. The quantitative estimate of drug-likeness (QED) is 0.195. The van der Waals surface area contributed by atoms with Crippen molar-refractivity contribution in [2.75, 3.05) is 0 Å². The highest BCUT2D eigenvalue weighted by molar-refractivity contribution is 6.24. The van der Waals surface area contributed by atoms with Crippen LogP contribution in [0.15, 0.2) is 177 Å². The lowest BCUT2D eigenvalue weighted by atomic mass is 9.96. The van der Waals surface area contributed by atoms with Crippen LogP contribution in [0.4, 0.5) is 0 Å². The fourth-order valence-electron chi connectivity index (χ4n) is 7.15. The molecule has 0 amide bonds. The number of nitrogens with zero attached hydrogens (tertiary/aromatic N) is 2. The highest BCUT2D eigenvalue weighted by Gasteiger charge is 2.22. The first-order valence-corrected chi connectivity index (χ1v) is 16.5. The zero-order valence-corrected chi connectivity index (χ0v) is 26.4. The molecule has 1 aliphatic rings. The van der Waals surface area contributed by atoms with Crippen molar-refractivity contribution in [2.45, 2.75) is 6.42 Å². The molecule has 4 heteroatoms. The predicted molar refractivity (Wildman–Crippen MR) is 202 cm³/mol. The molecule has 10 rings (SSSR count). The van der Waals surface area contributed by atoms with Crippen molar-refractivity contribution in [1.29, 1.82) is 0 Å². The third-order valence-corrected chi connectivity index (χ3v) is 9.56. The van der Waals surface area contributed by atoms with Gasteiger partial charge in [0, 0.05) is 44.7 Å². The third-order valence-electron chi connectivity index (χ3n) is 9.56. The molecule has 0 spiro atoms. The molecule has 1 aliphatic heterocycles. The standard InChI is InChI=1S/C45H28N2O2/c1-2-11-29(12-3-1)38-23-24-39(32-19-18-28-10-4-5-13-30(28)26-32)47-45(46-38)36-22-21-33(44-43(36)35-15-7-9-17-41(35)49-44)31-20-25-42-37(27-31)34-14-6-8-16-40(34)48-42/h1-22,24-27H,23H2. The average molecular weight is 629 g/mol. The zero-order chi connectivity index (χ0) is 32.3. The fourth-order valence-corrected chi connectivity index (χ4v) is 7.15. The number of rotatable bonds is 4. The number of hydrogen-bond acceptors (Lipinski definition) is 4. The van der Waals surface area contributed by atoms with Crippen LogP contribution in [-0.4, -0.2) is 11.5 Å². The fraction of sp³-hybridized carbons (Fsp3) is 0.0222. The normalized spacial score (nSPS) is 13.6. The van der Waals surface area contributed by atoms with Crippen LogP contribution in [0.3, 0.4) is 0 Å². The number of allylic oxidation sites excluding steroid dienone is 1. The molecule has 0 saturated carbocycles. The number of benzene rings is 7. The Morgan fingerprint density at radius 3 is 2.02 bits per heavy atom. The molecular formula is C45H28N2O2. The average Bonchev–Trinajstić information content (AvgIpc) is 3.65. The first-order chi connectivity index (χ1) is 24.3. The molecule has 9 aromatic rings. The largest absolute Gasteiger partial charge is 0.456 e. The molecule has 0 saturated heterocycles. The predicted octanol–water partition coefficient (Wildman–Crippen LogP) is 12.0. The number of hydrogen-bond donors (Lipinski definition) is 0. The van der Waals surface area contributed by atoms with Crippen LogP contribution in [-0.2, 0) is 0 Å². The van der Waals surface area contributed by atoms with E-state index in [4.69, 9.17) is 18.8 Å². The molecule has 7 aromatic carbocycles. The van der Waals surface area contributed by atoms with E-state index in [1.807, 2.05) is 30.3 Å². The van der Waals surface area contributed by atoms with Gasteiger partial charge in [0.05, 0.1) is 11.4 Å². The number of fused-ring (bicyclic) bond motifs is 7. The number of para-hydroxylation sites is 2. The Bertz CT molecular complexity index is 2850. The van der Waals surface area contributed by atoms with Gasteiger partial charge in [0.15, 0.2) is 5.84 Å². The molecule has 0 unspecified atom stereocenters. The van der Waals surface area contributed by atoms with Crippen molar-refractivity contribution in [3.63, 3.8) is 0 Å². The van der Waals surface area contributed by atoms with Gasteiger partial charge in [-0.15, -0.1) is 0 Å². The van der Waals surface area contributed by atoms with Crippen molar-refractivity contribution in [1.82, 2.24) is 0 Å². The minimum Gasteiger partial charge on any atom is -0.456 e. The lowest BCUT2D eigenvalue weighted by Gasteiger charge is -2.10. The van der Waals surface area contributed by atoms with Crippen LogP contribution >= 0.6 is 0 Å². The Morgan fingerprint density at radius 2 is 1.14 bits per heavy atom. The summed E-state index contributed by atoms with van der Waals surface area (Å²) in [6, 6.07) is 52.5. The maximum absolute atomic E-state index is 6.71. The number of amidine groups is 1. The number of furan rings is 2. The van der Waals surface area contributed by atoms with Gasteiger partial charge in [-0.25, -0.2) is 9.98 Å². The highest BCUT2D eigenvalue weighted by Crippen LogP contribution is 2.41. The number of aliphatic imine (C=N–C) groups is 2. The van der Waals surface area contributed by atoms with Gasteiger partial charge in [-0.3, -0.25) is 0 Å². The Hall–Kier alpha value is -6.52. The van der Waals surface area contributed by atoms with Crippen LogP contribution in [0.25, 0.3) is 71.5 Å². The molecule has 0 N–H and O–H groups in total. The van der Waals surface area contributed by atoms with Gasteiger partial charge >= 0.3 is 0 Å². The second-order valence-corrected chi connectivity index (χ2v) is 12.5. The molecule has 2 aromatic heterocycles. The van der Waals surface area contributed by atoms with Gasteiger partial charge < -0.3 is 8.83 Å². The Kier molecular flexibility index (Phi) is 6.21. The molecule has 4 nitrogen and oxygen atoms in total. The van der Waals surface area contributed by atoms with Crippen molar-refractivity contribution in [3.05, 3.63) is 174 Å². The molecule has 0 bridgehead atoms. The summed E-state index contributed by atoms with van der Waals surface area (Å²) in [6.45, 7) is 0. The van der Waals surface area contributed by atoms with Gasteiger partial charge in [-0.1, -0.05) is 115 Å². The van der Waals surface area contributed by atoms with E-state index in [9.17, 15) is 0 Å². The van der Waals surface area contributed by atoms with Gasteiger partial charge in [0.1, 0.15) is 22.3 Å². The van der Waals surface area contributed by atoms with Gasteiger partial charge in [-0.2, -0.15) is 0 Å². The van der Waals surface area contributed by atoms with Gasteiger partial charge in [-0.05, 0) is 64.4 Å². The van der Waals surface area contributed by atoms with E-state index in [0.717, 1.165) is 83.1 Å². The second-order valence-electron chi connectivity index (χ2n) is 12.5. The van der Waals surface area contributed by atoms with Crippen molar-refractivity contribution in [2.24, 2.45) is 9.98 Å². The van der Waals surface area contributed by atoms with Crippen LogP contribution < -0.4 is 0 Å². The van der Waals surface area contributed by atoms with Crippen LogP contribution in [0.5, 0.6) is 0 Å². The van der Waals surface area contributed by atoms with Gasteiger partial charge in [0.2, 0.25) is 0 Å². The van der Waals surface area contributed by atoms with E-state index in [1.165, 1.54) is 10.8 Å². The SMILES string of the molecule is C1=C(c2ccc3ccccc3c2)N=C(c2ccc(-c3ccc4oc5ccccc5c4c3)c3oc4ccccc4c23)N=C(c2ccccc2)C1. The maximum atomic E-state index is 6.71. The summed E-state index contributed by atoms with van der Waals surface area (Å²) in [4.78, 5) is 10.7. The van der Waals surface area contributed by atoms with Gasteiger partial charge in [0.25, 0.3) is 0 Å². The van der Waals surface area contributed by atoms with Crippen molar-refractivity contribution in [3.8, 4) is 11.1 Å². The first kappa shape index (κ1) is 27.6. The molecule has 0 radical (unpaired) electrons. The Morgan fingerprint density at radius 1 is 0.449 bits per heavy atom. The zero-order valence-electron chi connectivity index (χ0n) is 26.4. The molecular weight excluding hydrogens is 601 g/mol. The minimum atomic E-state index is 0.658. The summed E-state index contributed by atoms with van der Waals surface area (Å²) in [6.07, 6.45) is 2.86. The van der Waals surface area contributed by atoms with Crippen molar-refractivity contribution >= 4 is 71.9 Å². The highest BCUT2D eigenvalue weighted by atomic mass is 16.3. The summed E-state index contributed by atoms with van der Waals surface area (Å²) < 4.78 is 12.9. The van der Waals surface area contributed by atoms with E-state index < -0.39 is 0 Å². The summed E-state index contributed by atoms with van der Waals surface area (Å²) in [7, 11) is 0. The van der Waals surface area contributed by atoms with E-state index >= 15 is 0 Å². The molecule has 0 atom stereocenters. The lowest BCUT2D eigenvalue weighted by molar-refractivity contribution is 0.668. The van der Waals surface area contributed by atoms with E-state index in [-0.39, 0.29) is 0 Å². The van der Waals surface area contributed by atoms with Crippen LogP contribution in [0.1, 0.15) is 23.1 Å². The minimum absolute atomic E-state index is 0.658. The van der Waals surface area contributed by atoms with Crippen LogP contribution in [0, 0.1) is 0 Å². The summed E-state index contributed by atoms with van der Waals surface area (Å²) in [5, 5.41) is 6.59. The molecule has 0 fully saturated rings. The molecule has 49 heavy (non-hydrogen) atoms. The molecule has 0 aliphatic carbocycles. The molecule has 230 valence electrons. The summed E-state index contributed by atoms with van der Waals surface area (Å²) in [5.74, 6) is 0.662. The Balaban J connectivity index is 1.21. The maximum Gasteiger partial charge on any atom is 0.160 e. The smallest absolute Gasteiger partial charge is 0.160 e. The monoisotopic (exact) mass is 628 g/mol. The van der Waals surface area contributed by atoms with E-state index in [2.05, 4.69) is 127 Å². The van der Waals surface area contributed by atoms with E-state index in [0.29, 0.717) is 12.3 Å². The van der Waals surface area contributed by atoms with Crippen molar-refractivity contribution < 1.29 is 8.83 Å².